The minimum absolute atomic E-state index is 0.198. The lowest BCUT2D eigenvalue weighted by Gasteiger charge is -2.19. The highest BCUT2D eigenvalue weighted by Crippen LogP contribution is 2.16. The lowest BCUT2D eigenvalue weighted by molar-refractivity contribution is -0.119. The molecule has 0 saturated heterocycles. The Kier molecular flexibility index (Phi) is 10.3. The standard InChI is InChI=1S/C35H35N3O3/c1-38(2)25-28-19-17-26(18-20-28)21-22-29-13-9-10-16-31(29)35(41)37-32(23-27-11-5-3-6-12-27)33(39)24-36-34(40)30-14-7-4-8-15-30/h3-22,32H,23-25H2,1-2H3,(H,36,40)(H,37,41)/t32-/m0/s1. The summed E-state index contributed by atoms with van der Waals surface area (Å²) in [6.45, 7) is 0.669. The van der Waals surface area contributed by atoms with Crippen molar-refractivity contribution in [2.75, 3.05) is 20.6 Å². The van der Waals surface area contributed by atoms with Crippen molar-refractivity contribution in [2.24, 2.45) is 0 Å². The van der Waals surface area contributed by atoms with Gasteiger partial charge in [-0.15, -0.1) is 0 Å². The van der Waals surface area contributed by atoms with E-state index in [0.717, 1.165) is 23.2 Å². The van der Waals surface area contributed by atoms with Crippen LogP contribution in [-0.4, -0.2) is 49.2 Å². The first-order valence-corrected chi connectivity index (χ1v) is 13.6. The number of carbonyl (C=O) groups is 3. The number of amides is 2. The SMILES string of the molecule is CN(C)Cc1ccc(C=Cc2ccccc2C(=O)N[C@@H](Cc2ccccc2)C(=O)CNC(=O)c2ccccc2)cc1. The second-order valence-electron chi connectivity index (χ2n) is 10.1. The van der Waals surface area contributed by atoms with E-state index in [0.29, 0.717) is 17.5 Å². The maximum atomic E-state index is 13.5. The number of benzene rings is 4. The third kappa shape index (κ3) is 8.85. The Morgan fingerprint density at radius 2 is 1.34 bits per heavy atom. The van der Waals surface area contributed by atoms with E-state index in [2.05, 4.69) is 39.8 Å². The lowest BCUT2D eigenvalue weighted by Crippen LogP contribution is -2.46. The molecule has 2 N–H and O–H groups in total. The van der Waals surface area contributed by atoms with Gasteiger partial charge < -0.3 is 15.5 Å². The van der Waals surface area contributed by atoms with Gasteiger partial charge in [0.15, 0.2) is 5.78 Å². The Bertz CT molecular complexity index is 1480. The van der Waals surface area contributed by atoms with E-state index in [9.17, 15) is 14.4 Å². The summed E-state index contributed by atoms with van der Waals surface area (Å²) in [4.78, 5) is 41.4. The van der Waals surface area contributed by atoms with Crippen LogP contribution in [0.4, 0.5) is 0 Å². The van der Waals surface area contributed by atoms with Crippen LogP contribution < -0.4 is 10.6 Å². The van der Waals surface area contributed by atoms with Crippen LogP contribution in [0.25, 0.3) is 12.2 Å². The molecule has 0 aliphatic rings. The fourth-order valence-corrected chi connectivity index (χ4v) is 4.45. The summed E-state index contributed by atoms with van der Waals surface area (Å²) in [6.07, 6.45) is 4.19. The fourth-order valence-electron chi connectivity index (χ4n) is 4.45. The molecule has 0 aliphatic carbocycles. The van der Waals surface area contributed by atoms with Crippen LogP contribution in [0.3, 0.4) is 0 Å². The molecule has 6 nitrogen and oxygen atoms in total. The molecule has 0 fully saturated rings. The Balaban J connectivity index is 1.48. The summed E-state index contributed by atoms with van der Waals surface area (Å²) in [5.74, 6) is -0.971. The maximum Gasteiger partial charge on any atom is 0.252 e. The fraction of sp³-hybridized carbons (Fsp3) is 0.171. The Morgan fingerprint density at radius 3 is 2.02 bits per heavy atom. The first kappa shape index (κ1) is 29.2. The van der Waals surface area contributed by atoms with E-state index in [4.69, 9.17) is 0 Å². The maximum absolute atomic E-state index is 13.5. The topological polar surface area (TPSA) is 78.5 Å². The monoisotopic (exact) mass is 545 g/mol. The Labute approximate surface area is 241 Å². The van der Waals surface area contributed by atoms with Crippen molar-refractivity contribution in [3.8, 4) is 0 Å². The molecule has 4 rings (SSSR count). The highest BCUT2D eigenvalue weighted by atomic mass is 16.2. The van der Waals surface area contributed by atoms with E-state index in [1.807, 2.05) is 74.8 Å². The summed E-state index contributed by atoms with van der Waals surface area (Å²) in [5, 5.41) is 5.62. The quantitative estimate of drug-likeness (QED) is 0.238. The number of nitrogens with one attached hydrogen (secondary N) is 2. The van der Waals surface area contributed by atoms with Crippen molar-refractivity contribution in [3.63, 3.8) is 0 Å². The second kappa shape index (κ2) is 14.5. The molecule has 1 atom stereocenters. The summed E-state index contributed by atoms with van der Waals surface area (Å²) in [6, 6.07) is 33.0. The van der Waals surface area contributed by atoms with Crippen molar-refractivity contribution < 1.29 is 14.4 Å². The molecule has 0 spiro atoms. The molecule has 6 heteroatoms. The highest BCUT2D eigenvalue weighted by molar-refractivity contribution is 6.02. The van der Waals surface area contributed by atoms with Gasteiger partial charge in [0.25, 0.3) is 11.8 Å². The molecule has 2 amide bonds. The predicted molar refractivity (Wildman–Crippen MR) is 164 cm³/mol. The molecular formula is C35H35N3O3. The molecule has 0 heterocycles. The zero-order valence-corrected chi connectivity index (χ0v) is 23.4. The van der Waals surface area contributed by atoms with E-state index in [1.54, 1.807) is 36.4 Å². The van der Waals surface area contributed by atoms with Crippen molar-refractivity contribution in [1.82, 2.24) is 15.5 Å². The molecule has 0 radical (unpaired) electrons. The molecule has 0 bridgehead atoms. The van der Waals surface area contributed by atoms with Crippen molar-refractivity contribution in [3.05, 3.63) is 143 Å². The van der Waals surface area contributed by atoms with E-state index in [-0.39, 0.29) is 24.1 Å². The number of carbonyl (C=O) groups excluding carboxylic acids is 3. The zero-order chi connectivity index (χ0) is 29.0. The third-order valence-corrected chi connectivity index (χ3v) is 6.58. The summed E-state index contributed by atoms with van der Waals surface area (Å²) in [5.41, 5.74) is 4.83. The largest absolute Gasteiger partial charge is 0.345 e. The molecule has 4 aromatic carbocycles. The molecule has 41 heavy (non-hydrogen) atoms. The number of ketones is 1. The third-order valence-electron chi connectivity index (χ3n) is 6.58. The number of hydrogen-bond donors (Lipinski definition) is 2. The van der Waals surface area contributed by atoms with Crippen molar-refractivity contribution in [1.29, 1.82) is 0 Å². The molecule has 0 aliphatic heterocycles. The van der Waals surface area contributed by atoms with Gasteiger partial charge >= 0.3 is 0 Å². The van der Waals surface area contributed by atoms with Crippen LogP contribution >= 0.6 is 0 Å². The van der Waals surface area contributed by atoms with Crippen LogP contribution in [0.15, 0.2) is 109 Å². The average Bonchev–Trinajstić information content (AvgIpc) is 2.99. The summed E-state index contributed by atoms with van der Waals surface area (Å²) in [7, 11) is 4.07. The van der Waals surface area contributed by atoms with E-state index < -0.39 is 6.04 Å². The van der Waals surface area contributed by atoms with Crippen LogP contribution in [0.5, 0.6) is 0 Å². The first-order valence-electron chi connectivity index (χ1n) is 13.6. The average molecular weight is 546 g/mol. The number of rotatable bonds is 12. The number of Topliss-reactive ketones (excluding diaryl/α,β-unsaturated/α-hetero) is 1. The first-order chi connectivity index (χ1) is 19.9. The zero-order valence-electron chi connectivity index (χ0n) is 23.4. The van der Waals surface area contributed by atoms with Gasteiger partial charge in [-0.1, -0.05) is 103 Å². The van der Waals surface area contributed by atoms with Crippen LogP contribution in [0.1, 0.15) is 43.0 Å². The smallest absolute Gasteiger partial charge is 0.252 e. The lowest BCUT2D eigenvalue weighted by atomic mass is 10.00. The minimum atomic E-state index is -0.817. The molecule has 208 valence electrons. The van der Waals surface area contributed by atoms with Gasteiger partial charge in [0.1, 0.15) is 0 Å². The van der Waals surface area contributed by atoms with Gasteiger partial charge in [-0.25, -0.2) is 0 Å². The Morgan fingerprint density at radius 1 is 0.707 bits per heavy atom. The molecule has 0 unspecified atom stereocenters. The minimum Gasteiger partial charge on any atom is -0.345 e. The second-order valence-corrected chi connectivity index (χ2v) is 10.1. The highest BCUT2D eigenvalue weighted by Gasteiger charge is 2.23. The van der Waals surface area contributed by atoms with Crippen molar-refractivity contribution in [2.45, 2.75) is 19.0 Å². The van der Waals surface area contributed by atoms with Crippen LogP contribution in [-0.2, 0) is 17.8 Å². The molecule has 4 aromatic rings. The van der Waals surface area contributed by atoms with Crippen molar-refractivity contribution >= 4 is 29.7 Å². The van der Waals surface area contributed by atoms with Gasteiger partial charge in [0.2, 0.25) is 0 Å². The summed E-state index contributed by atoms with van der Waals surface area (Å²) >= 11 is 0. The normalized spacial score (nSPS) is 11.8. The molecule has 0 aromatic heterocycles. The van der Waals surface area contributed by atoms with E-state index >= 15 is 0 Å². The Hall–Kier alpha value is -4.81. The van der Waals surface area contributed by atoms with Gasteiger partial charge in [-0.3, -0.25) is 14.4 Å². The van der Waals surface area contributed by atoms with Gasteiger partial charge in [-0.2, -0.15) is 0 Å². The van der Waals surface area contributed by atoms with Gasteiger partial charge in [0.05, 0.1) is 12.6 Å². The number of nitrogens with zero attached hydrogens (tertiary/aromatic N) is 1. The van der Waals surface area contributed by atoms with Gasteiger partial charge in [0, 0.05) is 17.7 Å². The predicted octanol–water partition coefficient (Wildman–Crippen LogP) is 5.26. The molecule has 0 saturated carbocycles. The van der Waals surface area contributed by atoms with Crippen LogP contribution in [0, 0.1) is 0 Å². The van der Waals surface area contributed by atoms with Crippen LogP contribution in [0.2, 0.25) is 0 Å². The van der Waals surface area contributed by atoms with E-state index in [1.165, 1.54) is 5.56 Å². The number of hydrogen-bond acceptors (Lipinski definition) is 4. The van der Waals surface area contributed by atoms with Gasteiger partial charge in [-0.05, 0) is 61.0 Å². The summed E-state index contributed by atoms with van der Waals surface area (Å²) < 4.78 is 0. The molecular weight excluding hydrogens is 510 g/mol.